The molecule has 0 rings (SSSR count). The monoisotopic (exact) mass is 364 g/mol. The van der Waals surface area contributed by atoms with Gasteiger partial charge in [0.15, 0.2) is 0 Å². The molecule has 0 aliphatic heterocycles. The first kappa shape index (κ1) is 24.2. The quantitative estimate of drug-likeness (QED) is 0.410. The Hall–Kier alpha value is -0.100. The molecule has 1 atom stereocenters. The van der Waals surface area contributed by atoms with Crippen LogP contribution < -0.4 is 29.6 Å². The second kappa shape index (κ2) is 6.80. The first-order valence-electron chi connectivity index (χ1n) is 5.05. The minimum absolute atomic E-state index is 0. The SMILES string of the molecule is CCC(C=O)C(F)(F)C(F)(F)C(F)(C(F)(F)F)C(F)(F)F.[H-].[Na+]. The van der Waals surface area contributed by atoms with E-state index in [-0.39, 0.29) is 31.0 Å². The summed E-state index contributed by atoms with van der Waals surface area (Å²) < 4.78 is 138. The molecule has 0 fully saturated rings. The fourth-order valence-electron chi connectivity index (χ4n) is 1.42. The predicted octanol–water partition coefficient (Wildman–Crippen LogP) is 1.43. The number of carbonyl (C=O) groups excluding carboxylic acids is 1. The normalized spacial score (nSPS) is 16.0. The van der Waals surface area contributed by atoms with Gasteiger partial charge in [-0.15, -0.1) is 0 Å². The van der Waals surface area contributed by atoms with Crippen LogP contribution in [-0.4, -0.2) is 36.2 Å². The summed E-state index contributed by atoms with van der Waals surface area (Å²) >= 11 is 0. The molecule has 0 radical (unpaired) electrons. The van der Waals surface area contributed by atoms with Gasteiger partial charge in [0.05, 0.1) is 5.92 Å². The largest absolute Gasteiger partial charge is 1.00 e. The van der Waals surface area contributed by atoms with E-state index in [1.54, 1.807) is 0 Å². The van der Waals surface area contributed by atoms with Gasteiger partial charge >= 0.3 is 59.4 Å². The molecule has 1 nitrogen and oxygen atoms in total. The Balaban J connectivity index is -0.00000200. The summed E-state index contributed by atoms with van der Waals surface area (Å²) in [6, 6.07) is 0. The average Bonchev–Trinajstić information content (AvgIpc) is 2.25. The molecule has 0 aromatic heterocycles. The second-order valence-corrected chi connectivity index (χ2v) is 4.00. The molecular formula is C9H8F11NaO. The van der Waals surface area contributed by atoms with Crippen LogP contribution in [0.2, 0.25) is 0 Å². The Bertz CT molecular complexity index is 378. The van der Waals surface area contributed by atoms with E-state index in [1.165, 1.54) is 0 Å². The molecule has 0 N–H and O–H groups in total. The third-order valence-electron chi connectivity index (χ3n) is 2.70. The molecule has 128 valence electrons. The van der Waals surface area contributed by atoms with Crippen LogP contribution in [0.1, 0.15) is 14.8 Å². The Kier molecular flexibility index (Phi) is 7.46. The van der Waals surface area contributed by atoms with Gasteiger partial charge in [-0.3, -0.25) is 0 Å². The smallest absolute Gasteiger partial charge is 1.00 e. The van der Waals surface area contributed by atoms with Crippen LogP contribution >= 0.6 is 0 Å². The van der Waals surface area contributed by atoms with Gasteiger partial charge in [-0.2, -0.15) is 43.9 Å². The van der Waals surface area contributed by atoms with Gasteiger partial charge in [0.2, 0.25) is 0 Å². The maximum absolute atomic E-state index is 13.2. The molecule has 22 heavy (non-hydrogen) atoms. The Morgan fingerprint density at radius 3 is 1.36 bits per heavy atom. The van der Waals surface area contributed by atoms with E-state index in [2.05, 4.69) is 0 Å². The van der Waals surface area contributed by atoms with E-state index in [0.29, 0.717) is 6.92 Å². The minimum Gasteiger partial charge on any atom is -1.00 e. The van der Waals surface area contributed by atoms with Crippen molar-refractivity contribution in [1.29, 1.82) is 0 Å². The molecule has 0 spiro atoms. The average molecular weight is 364 g/mol. The number of aldehydes is 1. The summed E-state index contributed by atoms with van der Waals surface area (Å²) in [6.45, 7) is 0.629. The van der Waals surface area contributed by atoms with Gasteiger partial charge < -0.3 is 6.22 Å². The summed E-state index contributed by atoms with van der Waals surface area (Å²) in [5.74, 6) is -16.7. The number of alkyl halides is 11. The van der Waals surface area contributed by atoms with E-state index < -0.39 is 48.5 Å². The fraction of sp³-hybridized carbons (Fsp3) is 0.889. The van der Waals surface area contributed by atoms with Crippen molar-refractivity contribution in [1.82, 2.24) is 0 Å². The zero-order chi connectivity index (χ0) is 17.5. The van der Waals surface area contributed by atoms with Crippen LogP contribution in [0, 0.1) is 5.92 Å². The standard InChI is InChI=1S/C9H7F11O.Na.H/c1-2-4(3-21)5(10,11)7(13,14)6(12,8(15,16)17)9(18,19)20;;/h3-4H,2H2,1H3;;/q;+1;-1. The van der Waals surface area contributed by atoms with Crippen LogP contribution in [0.4, 0.5) is 48.3 Å². The van der Waals surface area contributed by atoms with Crippen molar-refractivity contribution in [2.24, 2.45) is 5.92 Å². The van der Waals surface area contributed by atoms with Gasteiger partial charge in [-0.25, -0.2) is 4.39 Å². The Labute approximate surface area is 140 Å². The zero-order valence-corrected chi connectivity index (χ0v) is 12.9. The molecule has 0 heterocycles. The summed E-state index contributed by atoms with van der Waals surface area (Å²) in [7, 11) is 0. The van der Waals surface area contributed by atoms with Crippen LogP contribution in [0.25, 0.3) is 0 Å². The van der Waals surface area contributed by atoms with E-state index in [4.69, 9.17) is 0 Å². The number of carbonyl (C=O) groups is 1. The molecule has 0 amide bonds. The third kappa shape index (κ3) is 3.37. The number of hydrogen-bond acceptors (Lipinski definition) is 1. The Morgan fingerprint density at radius 1 is 0.864 bits per heavy atom. The van der Waals surface area contributed by atoms with E-state index >= 15 is 0 Å². The fourth-order valence-corrected chi connectivity index (χ4v) is 1.42. The van der Waals surface area contributed by atoms with Crippen LogP contribution in [0.5, 0.6) is 0 Å². The number of rotatable bonds is 5. The predicted molar refractivity (Wildman–Crippen MR) is 46.8 cm³/mol. The molecule has 13 heteroatoms. The van der Waals surface area contributed by atoms with Crippen molar-refractivity contribution < 1.29 is 84.1 Å². The maximum atomic E-state index is 13.2. The number of halogens is 11. The van der Waals surface area contributed by atoms with Crippen LogP contribution in [-0.2, 0) is 4.79 Å². The molecule has 0 aliphatic carbocycles. The van der Waals surface area contributed by atoms with Crippen molar-refractivity contribution in [3.05, 3.63) is 0 Å². The van der Waals surface area contributed by atoms with Crippen molar-refractivity contribution in [3.8, 4) is 0 Å². The summed E-state index contributed by atoms with van der Waals surface area (Å²) in [4.78, 5) is 10.2. The minimum atomic E-state index is -7.51. The zero-order valence-electron chi connectivity index (χ0n) is 11.9. The van der Waals surface area contributed by atoms with Gasteiger partial charge in [0.1, 0.15) is 6.29 Å². The van der Waals surface area contributed by atoms with Crippen molar-refractivity contribution >= 4 is 6.29 Å². The third-order valence-corrected chi connectivity index (χ3v) is 2.70. The topological polar surface area (TPSA) is 17.1 Å². The molecule has 0 saturated heterocycles. The first-order valence-corrected chi connectivity index (χ1v) is 5.05. The molecule has 1 unspecified atom stereocenters. The van der Waals surface area contributed by atoms with Gasteiger partial charge in [-0.1, -0.05) is 6.92 Å². The van der Waals surface area contributed by atoms with E-state index in [9.17, 15) is 53.1 Å². The molecular weight excluding hydrogens is 356 g/mol. The summed E-state index contributed by atoms with van der Waals surface area (Å²) in [5.41, 5.74) is -7.51. The second-order valence-electron chi connectivity index (χ2n) is 4.00. The molecule has 0 aromatic rings. The maximum Gasteiger partial charge on any atom is 1.00 e. The van der Waals surface area contributed by atoms with Gasteiger partial charge in [0, 0.05) is 0 Å². The van der Waals surface area contributed by atoms with Gasteiger partial charge in [-0.05, 0) is 6.42 Å². The molecule has 0 aliphatic rings. The van der Waals surface area contributed by atoms with Crippen LogP contribution in [0.3, 0.4) is 0 Å². The van der Waals surface area contributed by atoms with Crippen LogP contribution in [0.15, 0.2) is 0 Å². The molecule has 0 aromatic carbocycles. The molecule has 0 saturated carbocycles. The summed E-state index contributed by atoms with van der Waals surface area (Å²) in [5, 5.41) is 0. The van der Waals surface area contributed by atoms with Crippen molar-refractivity contribution in [3.63, 3.8) is 0 Å². The molecule has 0 bridgehead atoms. The van der Waals surface area contributed by atoms with E-state index in [1.807, 2.05) is 0 Å². The van der Waals surface area contributed by atoms with Crippen molar-refractivity contribution in [2.45, 2.75) is 43.2 Å². The summed E-state index contributed by atoms with van der Waals surface area (Å²) in [6.07, 6.45) is -16.9. The first-order chi connectivity index (χ1) is 9.02. The van der Waals surface area contributed by atoms with E-state index in [0.717, 1.165) is 0 Å². The number of hydrogen-bond donors (Lipinski definition) is 0. The van der Waals surface area contributed by atoms with Gasteiger partial charge in [0.25, 0.3) is 0 Å². The Morgan fingerprint density at radius 2 is 1.18 bits per heavy atom. The van der Waals surface area contributed by atoms with Crippen molar-refractivity contribution in [2.75, 3.05) is 0 Å².